The van der Waals surface area contributed by atoms with E-state index in [0.717, 1.165) is 28.3 Å². The molecule has 1 N–H and O–H groups in total. The summed E-state index contributed by atoms with van der Waals surface area (Å²) < 4.78 is 7.35. The number of fused-ring (bicyclic) bond motifs is 1. The largest absolute Gasteiger partial charge is 0.492 e. The molecule has 2 aromatic heterocycles. The summed E-state index contributed by atoms with van der Waals surface area (Å²) in [5.74, 6) is 1.30. The molecule has 8 heteroatoms. The van der Waals surface area contributed by atoms with Crippen LogP contribution in [0.3, 0.4) is 0 Å². The minimum absolute atomic E-state index is 0.0691. The van der Waals surface area contributed by atoms with Crippen molar-refractivity contribution in [2.24, 2.45) is 0 Å². The highest BCUT2D eigenvalue weighted by molar-refractivity contribution is 7.98. The SMILES string of the molecule is CSc1nc2nc(C)c(CC(=O)NCCOc3cccc(C)c3)c(C)n2n1. The van der Waals surface area contributed by atoms with Gasteiger partial charge in [-0.2, -0.15) is 4.98 Å². The van der Waals surface area contributed by atoms with Gasteiger partial charge in [0.2, 0.25) is 11.1 Å². The van der Waals surface area contributed by atoms with Gasteiger partial charge in [0.1, 0.15) is 12.4 Å². The van der Waals surface area contributed by atoms with Crippen LogP contribution in [0.1, 0.15) is 22.5 Å². The van der Waals surface area contributed by atoms with Gasteiger partial charge in [0.25, 0.3) is 5.78 Å². The number of thioether (sulfide) groups is 1. The Hall–Kier alpha value is -2.61. The van der Waals surface area contributed by atoms with Crippen molar-refractivity contribution in [2.75, 3.05) is 19.4 Å². The summed E-state index contributed by atoms with van der Waals surface area (Å²) in [6, 6.07) is 7.84. The first-order chi connectivity index (χ1) is 13.0. The quantitative estimate of drug-likeness (QED) is 0.497. The third kappa shape index (κ3) is 4.57. The summed E-state index contributed by atoms with van der Waals surface area (Å²) in [4.78, 5) is 21.2. The van der Waals surface area contributed by atoms with Crippen molar-refractivity contribution < 1.29 is 9.53 Å². The molecule has 0 aliphatic carbocycles. The molecule has 0 radical (unpaired) electrons. The molecule has 0 bridgehead atoms. The summed E-state index contributed by atoms with van der Waals surface area (Å²) in [5.41, 5.74) is 3.70. The molecule has 0 saturated carbocycles. The first kappa shape index (κ1) is 19.2. The molecule has 0 unspecified atom stereocenters. The first-order valence-corrected chi connectivity index (χ1v) is 9.93. The van der Waals surface area contributed by atoms with Crippen LogP contribution in [0.25, 0.3) is 5.78 Å². The van der Waals surface area contributed by atoms with Gasteiger partial charge in [0, 0.05) is 17.0 Å². The van der Waals surface area contributed by atoms with E-state index in [1.165, 1.54) is 11.8 Å². The van der Waals surface area contributed by atoms with Crippen LogP contribution in [0.15, 0.2) is 29.4 Å². The molecule has 1 aromatic carbocycles. The lowest BCUT2D eigenvalue weighted by Gasteiger charge is -2.11. The average molecular weight is 385 g/mol. The molecular weight excluding hydrogens is 362 g/mol. The van der Waals surface area contributed by atoms with Crippen molar-refractivity contribution in [3.05, 3.63) is 46.8 Å². The maximum Gasteiger partial charge on any atom is 0.253 e. The third-order valence-corrected chi connectivity index (χ3v) is 4.77. The predicted molar refractivity (Wildman–Crippen MR) is 105 cm³/mol. The van der Waals surface area contributed by atoms with Gasteiger partial charge >= 0.3 is 0 Å². The molecule has 3 aromatic rings. The standard InChI is InChI=1S/C19H23N5O2S/c1-12-6-5-7-15(10-12)26-9-8-20-17(25)11-16-13(2)21-18-22-19(27-4)23-24(18)14(16)3/h5-7,10H,8-9,11H2,1-4H3,(H,20,25). The Labute approximate surface area is 162 Å². The van der Waals surface area contributed by atoms with Gasteiger partial charge in [0.15, 0.2) is 0 Å². The van der Waals surface area contributed by atoms with Gasteiger partial charge in [0.05, 0.1) is 13.0 Å². The Balaban J connectivity index is 1.59. The number of aryl methyl sites for hydroxylation is 3. The number of nitrogens with zero attached hydrogens (tertiary/aromatic N) is 4. The molecule has 0 fully saturated rings. The maximum absolute atomic E-state index is 12.3. The smallest absolute Gasteiger partial charge is 0.253 e. The van der Waals surface area contributed by atoms with Crippen molar-refractivity contribution >= 4 is 23.4 Å². The molecule has 0 spiro atoms. The van der Waals surface area contributed by atoms with Crippen LogP contribution in [0.2, 0.25) is 0 Å². The summed E-state index contributed by atoms with van der Waals surface area (Å²) >= 11 is 1.47. The number of nitrogens with one attached hydrogen (secondary N) is 1. The molecule has 1 amide bonds. The fraction of sp³-hybridized carbons (Fsp3) is 0.368. The lowest BCUT2D eigenvalue weighted by molar-refractivity contribution is -0.120. The minimum atomic E-state index is -0.0691. The molecule has 27 heavy (non-hydrogen) atoms. The lowest BCUT2D eigenvalue weighted by atomic mass is 10.1. The van der Waals surface area contributed by atoms with E-state index in [-0.39, 0.29) is 12.3 Å². The van der Waals surface area contributed by atoms with E-state index < -0.39 is 0 Å². The van der Waals surface area contributed by atoms with Crippen LogP contribution < -0.4 is 10.1 Å². The fourth-order valence-corrected chi connectivity index (χ4v) is 3.16. The highest BCUT2D eigenvalue weighted by Crippen LogP contribution is 2.17. The number of aromatic nitrogens is 4. The predicted octanol–water partition coefficient (Wildman–Crippen LogP) is 2.51. The topological polar surface area (TPSA) is 81.4 Å². The number of rotatable bonds is 7. The van der Waals surface area contributed by atoms with Crippen LogP contribution >= 0.6 is 11.8 Å². The Morgan fingerprint density at radius 3 is 2.81 bits per heavy atom. The Kier molecular flexibility index (Phi) is 5.95. The summed E-state index contributed by atoms with van der Waals surface area (Å²) in [7, 11) is 0. The van der Waals surface area contributed by atoms with Crippen LogP contribution in [-0.2, 0) is 11.2 Å². The normalized spacial score (nSPS) is 11.0. The molecule has 0 atom stereocenters. The van der Waals surface area contributed by atoms with Gasteiger partial charge in [-0.05, 0) is 44.7 Å². The molecule has 7 nitrogen and oxygen atoms in total. The highest BCUT2D eigenvalue weighted by Gasteiger charge is 2.15. The maximum atomic E-state index is 12.3. The number of hydrogen-bond donors (Lipinski definition) is 1. The number of amides is 1. The van der Waals surface area contributed by atoms with Crippen molar-refractivity contribution in [1.82, 2.24) is 24.9 Å². The molecule has 2 heterocycles. The second-order valence-electron chi connectivity index (χ2n) is 6.26. The van der Waals surface area contributed by atoms with Crippen molar-refractivity contribution in [2.45, 2.75) is 32.3 Å². The minimum Gasteiger partial charge on any atom is -0.492 e. The Morgan fingerprint density at radius 1 is 1.26 bits per heavy atom. The molecule has 0 aliphatic heterocycles. The van der Waals surface area contributed by atoms with E-state index in [4.69, 9.17) is 4.74 Å². The molecule has 0 aliphatic rings. The number of carbonyl (C=O) groups excluding carboxylic acids is 1. The van der Waals surface area contributed by atoms with Crippen molar-refractivity contribution in [3.8, 4) is 5.75 Å². The van der Waals surface area contributed by atoms with Crippen LogP contribution in [0.5, 0.6) is 5.75 Å². The molecule has 0 saturated heterocycles. The van der Waals surface area contributed by atoms with Crippen molar-refractivity contribution in [3.63, 3.8) is 0 Å². The van der Waals surface area contributed by atoms with E-state index >= 15 is 0 Å². The third-order valence-electron chi connectivity index (χ3n) is 4.23. The van der Waals surface area contributed by atoms with E-state index in [2.05, 4.69) is 20.4 Å². The average Bonchev–Trinajstić information content (AvgIpc) is 3.05. The molecular formula is C19H23N5O2S. The van der Waals surface area contributed by atoms with Crippen LogP contribution in [0.4, 0.5) is 0 Å². The van der Waals surface area contributed by atoms with Gasteiger partial charge in [-0.1, -0.05) is 23.9 Å². The number of hydrogen-bond acceptors (Lipinski definition) is 6. The number of ether oxygens (including phenoxy) is 1. The fourth-order valence-electron chi connectivity index (χ4n) is 2.82. The summed E-state index contributed by atoms with van der Waals surface area (Å²) in [6.07, 6.45) is 2.17. The zero-order valence-electron chi connectivity index (χ0n) is 15.9. The van der Waals surface area contributed by atoms with Gasteiger partial charge < -0.3 is 10.1 Å². The zero-order chi connectivity index (χ0) is 19.4. The van der Waals surface area contributed by atoms with Gasteiger partial charge in [-0.25, -0.2) is 9.50 Å². The van der Waals surface area contributed by atoms with Crippen LogP contribution in [0, 0.1) is 20.8 Å². The first-order valence-electron chi connectivity index (χ1n) is 8.71. The van der Waals surface area contributed by atoms with E-state index in [0.29, 0.717) is 24.1 Å². The van der Waals surface area contributed by atoms with E-state index in [1.54, 1.807) is 4.52 Å². The Bertz CT molecular complexity index is 970. The van der Waals surface area contributed by atoms with Gasteiger partial charge in [-0.3, -0.25) is 4.79 Å². The monoisotopic (exact) mass is 385 g/mol. The second kappa shape index (κ2) is 8.39. The lowest BCUT2D eigenvalue weighted by Crippen LogP contribution is -2.30. The van der Waals surface area contributed by atoms with Crippen molar-refractivity contribution in [1.29, 1.82) is 0 Å². The number of carbonyl (C=O) groups is 1. The van der Waals surface area contributed by atoms with Gasteiger partial charge in [-0.15, -0.1) is 5.10 Å². The zero-order valence-corrected chi connectivity index (χ0v) is 16.8. The molecule has 142 valence electrons. The number of benzene rings is 1. The van der Waals surface area contributed by atoms with E-state index in [9.17, 15) is 4.79 Å². The Morgan fingerprint density at radius 2 is 2.07 bits per heavy atom. The van der Waals surface area contributed by atoms with Crippen LogP contribution in [-0.4, -0.2) is 44.9 Å². The second-order valence-corrected chi connectivity index (χ2v) is 7.04. The summed E-state index contributed by atoms with van der Waals surface area (Å²) in [5, 5.41) is 7.97. The van der Waals surface area contributed by atoms with E-state index in [1.807, 2.05) is 51.3 Å². The summed E-state index contributed by atoms with van der Waals surface area (Å²) in [6.45, 7) is 6.71. The highest BCUT2D eigenvalue weighted by atomic mass is 32.2. The molecule has 3 rings (SSSR count).